The second-order valence-corrected chi connectivity index (χ2v) is 5.36. The van der Waals surface area contributed by atoms with Crippen molar-refractivity contribution in [3.8, 4) is 0 Å². The molecule has 2 rings (SSSR count). The Morgan fingerprint density at radius 2 is 2.05 bits per heavy atom. The van der Waals surface area contributed by atoms with Crippen LogP contribution in [0.2, 0.25) is 0 Å². The van der Waals surface area contributed by atoms with Gasteiger partial charge in [0.2, 0.25) is 0 Å². The molecule has 0 bridgehead atoms. The van der Waals surface area contributed by atoms with Gasteiger partial charge in [-0.05, 0) is 18.6 Å². The van der Waals surface area contributed by atoms with Gasteiger partial charge in [0.25, 0.3) is 5.91 Å². The molecular formula is C17H22N2O3. The summed E-state index contributed by atoms with van der Waals surface area (Å²) >= 11 is 0. The zero-order valence-corrected chi connectivity index (χ0v) is 13.0. The highest BCUT2D eigenvalue weighted by Crippen LogP contribution is 2.09. The maximum absolute atomic E-state index is 12.2. The highest BCUT2D eigenvalue weighted by Gasteiger charge is 2.17. The van der Waals surface area contributed by atoms with E-state index in [4.69, 9.17) is 4.74 Å². The van der Waals surface area contributed by atoms with E-state index in [0.29, 0.717) is 12.2 Å². The van der Waals surface area contributed by atoms with Crippen molar-refractivity contribution < 1.29 is 14.6 Å². The number of aromatic nitrogens is 1. The fourth-order valence-electron chi connectivity index (χ4n) is 2.23. The van der Waals surface area contributed by atoms with Crippen molar-refractivity contribution in [2.75, 3.05) is 20.2 Å². The minimum Gasteiger partial charge on any atom is -0.389 e. The van der Waals surface area contributed by atoms with Gasteiger partial charge in [0.1, 0.15) is 0 Å². The van der Waals surface area contributed by atoms with Crippen LogP contribution in [-0.4, -0.2) is 47.2 Å². The number of benzene rings is 1. The monoisotopic (exact) mass is 302 g/mol. The Hall–Kier alpha value is -2.11. The van der Waals surface area contributed by atoms with E-state index < -0.39 is 6.10 Å². The topological polar surface area (TPSA) is 65.6 Å². The van der Waals surface area contributed by atoms with Crippen molar-refractivity contribution in [3.63, 3.8) is 0 Å². The smallest absolute Gasteiger partial charge is 0.255 e. The number of amides is 1. The van der Waals surface area contributed by atoms with E-state index >= 15 is 0 Å². The molecule has 0 aliphatic rings. The summed E-state index contributed by atoms with van der Waals surface area (Å²) < 4.78 is 5.48. The van der Waals surface area contributed by atoms with E-state index in [1.807, 2.05) is 37.3 Å². The number of ether oxygens (including phenoxy) is 1. The molecule has 5 heteroatoms. The third-order valence-corrected chi connectivity index (χ3v) is 3.44. The molecule has 0 aliphatic carbocycles. The zero-order chi connectivity index (χ0) is 15.9. The Morgan fingerprint density at radius 3 is 2.68 bits per heavy atom. The van der Waals surface area contributed by atoms with Gasteiger partial charge in [-0.3, -0.25) is 4.79 Å². The van der Waals surface area contributed by atoms with Crippen LogP contribution in [0.5, 0.6) is 0 Å². The van der Waals surface area contributed by atoms with E-state index in [2.05, 4.69) is 4.98 Å². The molecule has 1 aromatic carbocycles. The summed E-state index contributed by atoms with van der Waals surface area (Å²) in [5, 5.41) is 9.99. The Bertz CT molecular complexity index is 595. The summed E-state index contributed by atoms with van der Waals surface area (Å²) in [5.74, 6) is -0.110. The molecule has 0 spiro atoms. The van der Waals surface area contributed by atoms with E-state index in [1.165, 1.54) is 4.90 Å². The van der Waals surface area contributed by atoms with Crippen LogP contribution in [0.4, 0.5) is 0 Å². The number of carbonyl (C=O) groups is 1. The lowest BCUT2D eigenvalue weighted by Crippen LogP contribution is -2.36. The number of carbonyl (C=O) groups excluding carboxylic acids is 1. The lowest BCUT2D eigenvalue weighted by atomic mass is 10.2. The van der Waals surface area contributed by atoms with Crippen LogP contribution in [-0.2, 0) is 11.3 Å². The predicted molar refractivity (Wildman–Crippen MR) is 84.6 cm³/mol. The summed E-state index contributed by atoms with van der Waals surface area (Å²) in [7, 11) is 1.68. The molecular weight excluding hydrogens is 280 g/mol. The fraction of sp³-hybridized carbons (Fsp3) is 0.353. The second-order valence-electron chi connectivity index (χ2n) is 5.36. The van der Waals surface area contributed by atoms with Crippen LogP contribution in [0.1, 0.15) is 21.6 Å². The number of likely N-dealkylation sites (N-methyl/N-ethyl adjacent to an activating group) is 1. The SMILES string of the molecule is Cc1[nH]ccc1C(=O)N(C)CC(O)COCc1ccccc1. The van der Waals surface area contributed by atoms with Crippen LogP contribution in [0, 0.1) is 6.92 Å². The number of nitrogens with one attached hydrogen (secondary N) is 1. The number of rotatable bonds is 7. The van der Waals surface area contributed by atoms with E-state index in [9.17, 15) is 9.90 Å². The molecule has 5 nitrogen and oxygen atoms in total. The molecule has 0 fully saturated rings. The van der Waals surface area contributed by atoms with Gasteiger partial charge in [-0.1, -0.05) is 30.3 Å². The first-order valence-electron chi connectivity index (χ1n) is 7.27. The van der Waals surface area contributed by atoms with Gasteiger partial charge in [0.05, 0.1) is 24.9 Å². The molecule has 2 N–H and O–H groups in total. The molecule has 1 heterocycles. The Balaban J connectivity index is 1.75. The number of H-pyrrole nitrogens is 1. The first kappa shape index (κ1) is 16.3. The number of nitrogens with zero attached hydrogens (tertiary/aromatic N) is 1. The number of aliphatic hydroxyl groups is 1. The Labute approximate surface area is 130 Å². The lowest BCUT2D eigenvalue weighted by molar-refractivity contribution is 0.0137. The number of aryl methyl sites for hydroxylation is 1. The van der Waals surface area contributed by atoms with E-state index in [-0.39, 0.29) is 19.1 Å². The molecule has 0 saturated heterocycles. The van der Waals surface area contributed by atoms with E-state index in [1.54, 1.807) is 19.3 Å². The lowest BCUT2D eigenvalue weighted by Gasteiger charge is -2.21. The molecule has 1 atom stereocenters. The Morgan fingerprint density at radius 1 is 1.32 bits per heavy atom. The molecule has 22 heavy (non-hydrogen) atoms. The van der Waals surface area contributed by atoms with Crippen molar-refractivity contribution in [1.82, 2.24) is 9.88 Å². The van der Waals surface area contributed by atoms with Crippen LogP contribution in [0.15, 0.2) is 42.6 Å². The highest BCUT2D eigenvalue weighted by molar-refractivity contribution is 5.95. The van der Waals surface area contributed by atoms with Crippen molar-refractivity contribution in [1.29, 1.82) is 0 Å². The maximum atomic E-state index is 12.2. The molecule has 1 aromatic heterocycles. The van der Waals surface area contributed by atoms with Gasteiger partial charge < -0.3 is 19.7 Å². The minimum absolute atomic E-state index is 0.110. The average molecular weight is 302 g/mol. The van der Waals surface area contributed by atoms with Crippen molar-refractivity contribution in [2.24, 2.45) is 0 Å². The summed E-state index contributed by atoms with van der Waals surface area (Å²) in [4.78, 5) is 16.7. The van der Waals surface area contributed by atoms with E-state index in [0.717, 1.165) is 11.3 Å². The third kappa shape index (κ3) is 4.44. The molecule has 0 radical (unpaired) electrons. The van der Waals surface area contributed by atoms with Crippen LogP contribution >= 0.6 is 0 Å². The van der Waals surface area contributed by atoms with Gasteiger partial charge in [-0.25, -0.2) is 0 Å². The molecule has 1 amide bonds. The Kier molecular flexibility index (Phi) is 5.75. The second kappa shape index (κ2) is 7.77. The quantitative estimate of drug-likeness (QED) is 0.822. The maximum Gasteiger partial charge on any atom is 0.255 e. The van der Waals surface area contributed by atoms with Crippen molar-refractivity contribution in [3.05, 3.63) is 59.4 Å². The molecule has 0 saturated carbocycles. The summed E-state index contributed by atoms with van der Waals surface area (Å²) in [5.41, 5.74) is 2.51. The van der Waals surface area contributed by atoms with Crippen LogP contribution < -0.4 is 0 Å². The number of hydrogen-bond donors (Lipinski definition) is 2. The zero-order valence-electron chi connectivity index (χ0n) is 13.0. The highest BCUT2D eigenvalue weighted by atomic mass is 16.5. The van der Waals surface area contributed by atoms with Gasteiger partial charge in [0.15, 0.2) is 0 Å². The van der Waals surface area contributed by atoms with Crippen LogP contribution in [0.25, 0.3) is 0 Å². The molecule has 1 unspecified atom stereocenters. The molecule has 118 valence electrons. The first-order chi connectivity index (χ1) is 10.6. The van der Waals surface area contributed by atoms with Crippen molar-refractivity contribution in [2.45, 2.75) is 19.6 Å². The van der Waals surface area contributed by atoms with Crippen molar-refractivity contribution >= 4 is 5.91 Å². The summed E-state index contributed by atoms with van der Waals surface area (Å²) in [6.07, 6.45) is 1.02. The summed E-state index contributed by atoms with van der Waals surface area (Å²) in [6.45, 7) is 2.73. The van der Waals surface area contributed by atoms with Gasteiger partial charge >= 0.3 is 0 Å². The van der Waals surface area contributed by atoms with Gasteiger partial charge in [0, 0.05) is 25.5 Å². The van der Waals surface area contributed by atoms with Crippen LogP contribution in [0.3, 0.4) is 0 Å². The predicted octanol–water partition coefficient (Wildman–Crippen LogP) is 1.97. The minimum atomic E-state index is -0.711. The number of hydrogen-bond acceptors (Lipinski definition) is 3. The molecule has 2 aromatic rings. The van der Waals surface area contributed by atoms with Gasteiger partial charge in [-0.15, -0.1) is 0 Å². The van der Waals surface area contributed by atoms with Gasteiger partial charge in [-0.2, -0.15) is 0 Å². The number of aromatic amines is 1. The summed E-state index contributed by atoms with van der Waals surface area (Å²) in [6, 6.07) is 11.5. The number of aliphatic hydroxyl groups excluding tert-OH is 1. The average Bonchev–Trinajstić information content (AvgIpc) is 2.93. The fourth-order valence-corrected chi connectivity index (χ4v) is 2.23. The third-order valence-electron chi connectivity index (χ3n) is 3.44. The normalized spacial score (nSPS) is 12.1. The first-order valence-corrected chi connectivity index (χ1v) is 7.27. The molecule has 0 aliphatic heterocycles. The largest absolute Gasteiger partial charge is 0.389 e. The standard InChI is InChI=1S/C17H22N2O3/c1-13-16(8-9-18-13)17(21)19(2)10-15(20)12-22-11-14-6-4-3-5-7-14/h3-9,15,18,20H,10-12H2,1-2H3.